The molecule has 1 saturated heterocycles. The third-order valence-corrected chi connectivity index (χ3v) is 4.94. The van der Waals surface area contributed by atoms with E-state index in [1.165, 1.54) is 5.56 Å². The van der Waals surface area contributed by atoms with Crippen molar-refractivity contribution in [1.29, 1.82) is 0 Å². The van der Waals surface area contributed by atoms with Crippen LogP contribution in [0.5, 0.6) is 0 Å². The Hall–Kier alpha value is -2.14. The van der Waals surface area contributed by atoms with Crippen LogP contribution >= 0.6 is 0 Å². The van der Waals surface area contributed by atoms with Gasteiger partial charge in [0.1, 0.15) is 5.82 Å². The lowest BCUT2D eigenvalue weighted by atomic mass is 10.0. The number of carbonyl (C=O) groups is 1. The number of nitrogens with one attached hydrogen (secondary N) is 1. The van der Waals surface area contributed by atoms with Gasteiger partial charge < -0.3 is 14.8 Å². The van der Waals surface area contributed by atoms with Gasteiger partial charge in [-0.3, -0.25) is 4.79 Å². The number of carbonyl (C=O) groups excluding carboxylic acids is 1. The molecule has 25 heavy (non-hydrogen) atoms. The number of benzene rings is 1. The van der Waals surface area contributed by atoms with Crippen molar-refractivity contribution in [2.75, 3.05) is 19.6 Å². The lowest BCUT2D eigenvalue weighted by molar-refractivity contribution is -0.133. The van der Waals surface area contributed by atoms with Crippen LogP contribution in [-0.4, -0.2) is 46.0 Å². The molecule has 1 aromatic heterocycles. The van der Waals surface area contributed by atoms with Gasteiger partial charge in [0.25, 0.3) is 0 Å². The van der Waals surface area contributed by atoms with Gasteiger partial charge in [0, 0.05) is 57.0 Å². The first-order valence-electron chi connectivity index (χ1n) is 9.24. The number of rotatable bonds is 6. The molecule has 3 rings (SSSR count). The van der Waals surface area contributed by atoms with Crippen LogP contribution in [0.1, 0.15) is 37.7 Å². The van der Waals surface area contributed by atoms with Gasteiger partial charge >= 0.3 is 0 Å². The summed E-state index contributed by atoms with van der Waals surface area (Å²) < 4.78 is 2.13. The van der Waals surface area contributed by atoms with E-state index in [9.17, 15) is 4.79 Å². The number of piperazine rings is 1. The second-order valence-electron chi connectivity index (χ2n) is 6.84. The van der Waals surface area contributed by atoms with Crippen LogP contribution in [0.2, 0.25) is 0 Å². The summed E-state index contributed by atoms with van der Waals surface area (Å²) in [5.41, 5.74) is 1.31. The molecule has 1 aromatic carbocycles. The maximum absolute atomic E-state index is 12.8. The van der Waals surface area contributed by atoms with Crippen molar-refractivity contribution in [3.05, 3.63) is 54.1 Å². The van der Waals surface area contributed by atoms with Crippen LogP contribution in [0.3, 0.4) is 0 Å². The number of nitrogens with zero attached hydrogens (tertiary/aromatic N) is 3. The molecule has 1 aliphatic heterocycles. The molecule has 1 amide bonds. The number of hydrogen-bond acceptors (Lipinski definition) is 3. The molecule has 5 nitrogen and oxygen atoms in total. The largest absolute Gasteiger partial charge is 0.340 e. The minimum absolute atomic E-state index is 0.146. The minimum atomic E-state index is 0.146. The van der Waals surface area contributed by atoms with E-state index < -0.39 is 0 Å². The zero-order valence-corrected chi connectivity index (χ0v) is 15.2. The molecule has 5 heteroatoms. The molecule has 0 saturated carbocycles. The molecular weight excluding hydrogens is 312 g/mol. The summed E-state index contributed by atoms with van der Waals surface area (Å²) in [4.78, 5) is 19.1. The zero-order chi connectivity index (χ0) is 17.6. The average molecular weight is 340 g/mol. The Labute approximate surface area is 150 Å². The molecule has 1 N–H and O–H groups in total. The topological polar surface area (TPSA) is 50.2 Å². The highest BCUT2D eigenvalue weighted by Gasteiger charge is 2.25. The van der Waals surface area contributed by atoms with Crippen LogP contribution in [0, 0.1) is 0 Å². The van der Waals surface area contributed by atoms with Crippen LogP contribution in [-0.2, 0) is 17.6 Å². The van der Waals surface area contributed by atoms with E-state index >= 15 is 0 Å². The fourth-order valence-electron chi connectivity index (χ4n) is 3.59. The van der Waals surface area contributed by atoms with E-state index in [-0.39, 0.29) is 11.9 Å². The van der Waals surface area contributed by atoms with Gasteiger partial charge in [-0.05, 0) is 18.9 Å². The van der Waals surface area contributed by atoms with Gasteiger partial charge in [0.2, 0.25) is 5.91 Å². The first-order valence-corrected chi connectivity index (χ1v) is 9.24. The highest BCUT2D eigenvalue weighted by Crippen LogP contribution is 2.17. The molecule has 2 unspecified atom stereocenters. The quantitative estimate of drug-likeness (QED) is 0.879. The van der Waals surface area contributed by atoms with Crippen molar-refractivity contribution < 1.29 is 4.79 Å². The maximum atomic E-state index is 12.8. The molecule has 2 aromatic rings. The van der Waals surface area contributed by atoms with Crippen LogP contribution in [0.4, 0.5) is 0 Å². The Balaban J connectivity index is 1.56. The second-order valence-corrected chi connectivity index (χ2v) is 6.84. The fourth-order valence-corrected chi connectivity index (χ4v) is 3.59. The number of imidazole rings is 1. The predicted molar refractivity (Wildman–Crippen MR) is 99.4 cm³/mol. The van der Waals surface area contributed by atoms with Crippen LogP contribution < -0.4 is 5.32 Å². The molecule has 0 radical (unpaired) electrons. The van der Waals surface area contributed by atoms with Crippen molar-refractivity contribution in [2.24, 2.45) is 0 Å². The van der Waals surface area contributed by atoms with E-state index in [0.29, 0.717) is 12.5 Å². The molecular formula is C20H28N4O. The second kappa shape index (κ2) is 8.30. The molecule has 1 aliphatic rings. The first kappa shape index (κ1) is 17.7. The number of aromatic nitrogens is 2. The van der Waals surface area contributed by atoms with Crippen LogP contribution in [0.25, 0.3) is 0 Å². The Kier molecular flexibility index (Phi) is 5.87. The Morgan fingerprint density at radius 2 is 2.16 bits per heavy atom. The van der Waals surface area contributed by atoms with Gasteiger partial charge in [-0.1, -0.05) is 37.3 Å². The molecule has 1 fully saturated rings. The standard InChI is InChI=1S/C20H28N4O/c1-3-19-22-10-12-24(19)16(2)13-20(25)23-11-9-21-18(15-23)14-17-7-5-4-6-8-17/h4-8,10,12,16,18,21H,3,9,11,13-15H2,1-2H3. The van der Waals surface area contributed by atoms with Crippen LogP contribution in [0.15, 0.2) is 42.7 Å². The Morgan fingerprint density at radius 3 is 2.92 bits per heavy atom. The molecule has 2 heterocycles. The maximum Gasteiger partial charge on any atom is 0.224 e. The number of amides is 1. The van der Waals surface area contributed by atoms with E-state index in [1.54, 1.807) is 0 Å². The van der Waals surface area contributed by atoms with Gasteiger partial charge in [-0.15, -0.1) is 0 Å². The summed E-state index contributed by atoms with van der Waals surface area (Å²) in [7, 11) is 0. The monoisotopic (exact) mass is 340 g/mol. The normalized spacial score (nSPS) is 19.0. The summed E-state index contributed by atoms with van der Waals surface area (Å²) in [6.45, 7) is 6.63. The van der Waals surface area contributed by atoms with E-state index in [4.69, 9.17) is 0 Å². The SMILES string of the molecule is CCc1nccn1C(C)CC(=O)N1CCNC(Cc2ccccc2)C1. The molecule has 0 bridgehead atoms. The molecule has 0 aliphatic carbocycles. The van der Waals surface area contributed by atoms with Gasteiger partial charge in [0.15, 0.2) is 0 Å². The van der Waals surface area contributed by atoms with Gasteiger partial charge in [-0.2, -0.15) is 0 Å². The third kappa shape index (κ3) is 4.48. The lowest BCUT2D eigenvalue weighted by Crippen LogP contribution is -2.53. The average Bonchev–Trinajstić information content (AvgIpc) is 3.11. The number of hydrogen-bond donors (Lipinski definition) is 1. The van der Waals surface area contributed by atoms with Crippen molar-refractivity contribution in [3.63, 3.8) is 0 Å². The highest BCUT2D eigenvalue weighted by atomic mass is 16.2. The first-order chi connectivity index (χ1) is 12.2. The zero-order valence-electron chi connectivity index (χ0n) is 15.2. The minimum Gasteiger partial charge on any atom is -0.340 e. The summed E-state index contributed by atoms with van der Waals surface area (Å²) in [6, 6.07) is 10.9. The lowest BCUT2D eigenvalue weighted by Gasteiger charge is -2.34. The summed E-state index contributed by atoms with van der Waals surface area (Å²) >= 11 is 0. The number of aryl methyl sites for hydroxylation is 1. The fraction of sp³-hybridized carbons (Fsp3) is 0.500. The Bertz CT molecular complexity index is 682. The van der Waals surface area contributed by atoms with Crippen molar-refractivity contribution in [1.82, 2.24) is 19.8 Å². The molecule has 134 valence electrons. The van der Waals surface area contributed by atoms with Gasteiger partial charge in [-0.25, -0.2) is 4.98 Å². The Morgan fingerprint density at radius 1 is 1.36 bits per heavy atom. The predicted octanol–water partition coefficient (Wildman–Crippen LogP) is 2.44. The molecule has 0 spiro atoms. The van der Waals surface area contributed by atoms with E-state index in [0.717, 1.165) is 38.3 Å². The third-order valence-electron chi connectivity index (χ3n) is 4.94. The highest BCUT2D eigenvalue weighted by molar-refractivity contribution is 5.76. The summed E-state index contributed by atoms with van der Waals surface area (Å²) in [5, 5.41) is 3.54. The van der Waals surface area contributed by atoms with Gasteiger partial charge in [0.05, 0.1) is 0 Å². The molecule has 2 atom stereocenters. The van der Waals surface area contributed by atoms with Crippen molar-refractivity contribution in [2.45, 2.75) is 45.2 Å². The van der Waals surface area contributed by atoms with E-state index in [2.05, 4.69) is 53.0 Å². The summed E-state index contributed by atoms with van der Waals surface area (Å²) in [6.07, 6.45) is 6.18. The summed E-state index contributed by atoms with van der Waals surface area (Å²) in [5.74, 6) is 1.28. The smallest absolute Gasteiger partial charge is 0.224 e. The van der Waals surface area contributed by atoms with Crippen molar-refractivity contribution >= 4 is 5.91 Å². The van der Waals surface area contributed by atoms with E-state index in [1.807, 2.05) is 23.4 Å². The van der Waals surface area contributed by atoms with Crippen molar-refractivity contribution in [3.8, 4) is 0 Å².